The summed E-state index contributed by atoms with van der Waals surface area (Å²) in [7, 11) is -3.56. The fourth-order valence-electron chi connectivity index (χ4n) is 1.18. The molecule has 0 aliphatic heterocycles. The van der Waals surface area contributed by atoms with Crippen LogP contribution in [0.1, 0.15) is 19.4 Å². The third-order valence-corrected chi connectivity index (χ3v) is 4.74. The summed E-state index contributed by atoms with van der Waals surface area (Å²) in [5, 5.41) is 8.85. The normalized spacial score (nSPS) is 12.2. The molecule has 6 heteroatoms. The maximum absolute atomic E-state index is 12.0. The van der Waals surface area contributed by atoms with Crippen LogP contribution < -0.4 is 4.72 Å². The first-order valence-corrected chi connectivity index (χ1v) is 7.63. The van der Waals surface area contributed by atoms with Gasteiger partial charge in [0.2, 0.25) is 10.0 Å². The van der Waals surface area contributed by atoms with Gasteiger partial charge in [0.15, 0.2) is 0 Å². The number of hydrogen-bond donors (Lipinski definition) is 1. The van der Waals surface area contributed by atoms with Crippen molar-refractivity contribution in [3.63, 3.8) is 0 Å². The number of aryl methyl sites for hydroxylation is 1. The molecule has 0 aliphatic carbocycles. The second-order valence-corrected chi connectivity index (χ2v) is 7.35. The van der Waals surface area contributed by atoms with Gasteiger partial charge in [0.1, 0.15) is 0 Å². The van der Waals surface area contributed by atoms with E-state index >= 15 is 0 Å². The van der Waals surface area contributed by atoms with E-state index in [1.165, 1.54) is 6.07 Å². The average Bonchev–Trinajstić information content (AvgIpc) is 2.30. The van der Waals surface area contributed by atoms with E-state index in [-0.39, 0.29) is 11.4 Å². The minimum Gasteiger partial charge on any atom is -0.210 e. The van der Waals surface area contributed by atoms with E-state index in [0.717, 1.165) is 10.0 Å². The van der Waals surface area contributed by atoms with Crippen molar-refractivity contribution in [1.82, 2.24) is 4.72 Å². The first-order chi connectivity index (χ1) is 8.18. The molecule has 4 nitrogen and oxygen atoms in total. The molecule has 0 saturated carbocycles. The standard InChI is InChI=1S/C12H15BrN2O2S/c1-9-6-10(4-5-11(9)13)18(16,17)15-8-12(2,3)7-14/h4-6,15H,8H2,1-3H3. The second kappa shape index (κ2) is 5.39. The zero-order valence-corrected chi connectivity index (χ0v) is 12.9. The Bertz CT molecular complexity index is 589. The van der Waals surface area contributed by atoms with Crippen LogP contribution in [0.2, 0.25) is 0 Å². The van der Waals surface area contributed by atoms with E-state index in [2.05, 4.69) is 26.7 Å². The monoisotopic (exact) mass is 330 g/mol. The lowest BCUT2D eigenvalue weighted by Crippen LogP contribution is -2.33. The summed E-state index contributed by atoms with van der Waals surface area (Å²) in [6.07, 6.45) is 0. The van der Waals surface area contributed by atoms with Gasteiger partial charge in [-0.05, 0) is 44.5 Å². The Balaban J connectivity index is 2.94. The highest BCUT2D eigenvalue weighted by molar-refractivity contribution is 9.10. The number of sulfonamides is 1. The van der Waals surface area contributed by atoms with Crippen LogP contribution in [0.4, 0.5) is 0 Å². The van der Waals surface area contributed by atoms with Crippen molar-refractivity contribution in [2.45, 2.75) is 25.7 Å². The van der Waals surface area contributed by atoms with Gasteiger partial charge in [-0.1, -0.05) is 15.9 Å². The summed E-state index contributed by atoms with van der Waals surface area (Å²) in [4.78, 5) is 0.205. The third kappa shape index (κ3) is 3.80. The van der Waals surface area contributed by atoms with Crippen LogP contribution in [0.25, 0.3) is 0 Å². The molecule has 1 aromatic rings. The number of nitrogens with zero attached hydrogens (tertiary/aromatic N) is 1. The van der Waals surface area contributed by atoms with Crippen LogP contribution in [-0.2, 0) is 10.0 Å². The van der Waals surface area contributed by atoms with Crippen LogP contribution in [0.15, 0.2) is 27.6 Å². The van der Waals surface area contributed by atoms with E-state index in [4.69, 9.17) is 5.26 Å². The van der Waals surface area contributed by atoms with Gasteiger partial charge in [-0.2, -0.15) is 5.26 Å². The quantitative estimate of drug-likeness (QED) is 0.922. The number of benzene rings is 1. The average molecular weight is 331 g/mol. The molecule has 0 aliphatic rings. The Morgan fingerprint density at radius 1 is 1.44 bits per heavy atom. The zero-order valence-electron chi connectivity index (χ0n) is 10.5. The van der Waals surface area contributed by atoms with Gasteiger partial charge in [-0.3, -0.25) is 0 Å². The molecule has 0 aromatic heterocycles. The van der Waals surface area contributed by atoms with E-state index in [0.29, 0.717) is 0 Å². The lowest BCUT2D eigenvalue weighted by molar-refractivity contribution is 0.479. The van der Waals surface area contributed by atoms with Gasteiger partial charge >= 0.3 is 0 Å². The minimum absolute atomic E-state index is 0.0843. The fourth-order valence-corrected chi connectivity index (χ4v) is 2.73. The molecule has 0 atom stereocenters. The van der Waals surface area contributed by atoms with Gasteiger partial charge in [0.05, 0.1) is 16.4 Å². The van der Waals surface area contributed by atoms with Crippen LogP contribution in [-0.4, -0.2) is 15.0 Å². The van der Waals surface area contributed by atoms with E-state index < -0.39 is 15.4 Å². The molecule has 0 spiro atoms. The maximum Gasteiger partial charge on any atom is 0.240 e. The summed E-state index contributed by atoms with van der Waals surface area (Å²) in [5.41, 5.74) is 0.120. The largest absolute Gasteiger partial charge is 0.240 e. The Hall–Kier alpha value is -0.900. The smallest absolute Gasteiger partial charge is 0.210 e. The SMILES string of the molecule is Cc1cc(S(=O)(=O)NCC(C)(C)C#N)ccc1Br. The van der Waals surface area contributed by atoms with Crippen molar-refractivity contribution in [1.29, 1.82) is 5.26 Å². The molecule has 0 bridgehead atoms. The number of nitrogens with one attached hydrogen (secondary N) is 1. The second-order valence-electron chi connectivity index (χ2n) is 4.73. The van der Waals surface area contributed by atoms with Crippen molar-refractivity contribution in [2.24, 2.45) is 5.41 Å². The van der Waals surface area contributed by atoms with Crippen molar-refractivity contribution < 1.29 is 8.42 Å². The lowest BCUT2D eigenvalue weighted by atomic mass is 9.97. The number of nitriles is 1. The molecular formula is C12H15BrN2O2S. The molecule has 0 heterocycles. The predicted octanol–water partition coefficient (Wildman–Crippen LogP) is 2.59. The first-order valence-electron chi connectivity index (χ1n) is 5.35. The Labute approximate surface area is 116 Å². The highest BCUT2D eigenvalue weighted by Crippen LogP contribution is 2.20. The summed E-state index contributed by atoms with van der Waals surface area (Å²) in [6, 6.07) is 6.86. The molecule has 1 rings (SSSR count). The number of rotatable bonds is 4. The summed E-state index contributed by atoms with van der Waals surface area (Å²) in [6.45, 7) is 5.27. The summed E-state index contributed by atoms with van der Waals surface area (Å²) in [5.74, 6) is 0. The molecule has 0 saturated heterocycles. The molecule has 18 heavy (non-hydrogen) atoms. The van der Waals surface area contributed by atoms with Crippen molar-refractivity contribution >= 4 is 26.0 Å². The molecule has 98 valence electrons. The summed E-state index contributed by atoms with van der Waals surface area (Å²) >= 11 is 3.32. The van der Waals surface area contributed by atoms with Crippen LogP contribution in [0.3, 0.4) is 0 Å². The van der Waals surface area contributed by atoms with Crippen LogP contribution in [0.5, 0.6) is 0 Å². The minimum atomic E-state index is -3.56. The van der Waals surface area contributed by atoms with E-state index in [1.807, 2.05) is 6.92 Å². The first kappa shape index (κ1) is 15.2. The van der Waals surface area contributed by atoms with Gasteiger partial charge in [-0.25, -0.2) is 13.1 Å². The molecular weight excluding hydrogens is 316 g/mol. The number of halogens is 1. The molecule has 0 radical (unpaired) electrons. The highest BCUT2D eigenvalue weighted by atomic mass is 79.9. The highest BCUT2D eigenvalue weighted by Gasteiger charge is 2.22. The van der Waals surface area contributed by atoms with Gasteiger partial charge in [0.25, 0.3) is 0 Å². The lowest BCUT2D eigenvalue weighted by Gasteiger charge is -2.16. The van der Waals surface area contributed by atoms with E-state index in [9.17, 15) is 8.42 Å². The third-order valence-electron chi connectivity index (χ3n) is 2.45. The zero-order chi connectivity index (χ0) is 14.0. The Kier molecular flexibility index (Phi) is 4.54. The van der Waals surface area contributed by atoms with Gasteiger partial charge in [-0.15, -0.1) is 0 Å². The van der Waals surface area contributed by atoms with Crippen molar-refractivity contribution in [2.75, 3.05) is 6.54 Å². The molecule has 0 unspecified atom stereocenters. The van der Waals surface area contributed by atoms with E-state index in [1.54, 1.807) is 26.0 Å². The predicted molar refractivity (Wildman–Crippen MR) is 73.5 cm³/mol. The van der Waals surface area contributed by atoms with Gasteiger partial charge in [0, 0.05) is 11.0 Å². The molecule has 0 amide bonds. The Morgan fingerprint density at radius 3 is 2.56 bits per heavy atom. The van der Waals surface area contributed by atoms with Crippen LogP contribution >= 0.6 is 15.9 Å². The van der Waals surface area contributed by atoms with Crippen LogP contribution in [0, 0.1) is 23.7 Å². The molecule has 1 N–H and O–H groups in total. The Morgan fingerprint density at radius 2 is 2.06 bits per heavy atom. The molecule has 1 aromatic carbocycles. The number of hydrogen-bond acceptors (Lipinski definition) is 3. The van der Waals surface area contributed by atoms with Gasteiger partial charge < -0.3 is 0 Å². The fraction of sp³-hybridized carbons (Fsp3) is 0.417. The van der Waals surface area contributed by atoms with Crippen molar-refractivity contribution in [3.05, 3.63) is 28.2 Å². The summed E-state index contributed by atoms with van der Waals surface area (Å²) < 4.78 is 27.4. The maximum atomic E-state index is 12.0. The van der Waals surface area contributed by atoms with Crippen molar-refractivity contribution in [3.8, 4) is 6.07 Å². The molecule has 0 fully saturated rings. The topological polar surface area (TPSA) is 70.0 Å².